The lowest BCUT2D eigenvalue weighted by atomic mass is 10.1. The molecule has 4 heteroatoms. The lowest BCUT2D eigenvalue weighted by molar-refractivity contribution is 0.124. The van der Waals surface area contributed by atoms with Gasteiger partial charge in [0, 0.05) is 19.6 Å². The van der Waals surface area contributed by atoms with Crippen molar-refractivity contribution < 1.29 is 9.53 Å². The molecule has 1 amide bonds. The van der Waals surface area contributed by atoms with Crippen LogP contribution in [0.5, 0.6) is 0 Å². The molecule has 0 aromatic heterocycles. The number of benzene rings is 1. The van der Waals surface area contributed by atoms with E-state index in [1.807, 2.05) is 38.1 Å². The second kappa shape index (κ2) is 7.14. The summed E-state index contributed by atoms with van der Waals surface area (Å²) in [7, 11) is 1.74. The largest absolute Gasteiger partial charge is 0.446 e. The first-order chi connectivity index (χ1) is 8.91. The van der Waals surface area contributed by atoms with E-state index in [4.69, 9.17) is 4.74 Å². The molecule has 0 aliphatic carbocycles. The average molecular weight is 264 g/mol. The Morgan fingerprint density at radius 1 is 1.26 bits per heavy atom. The Balaban J connectivity index is 2.83. The Bertz CT molecular complexity index is 416. The van der Waals surface area contributed by atoms with Crippen LogP contribution in [-0.4, -0.2) is 25.3 Å². The molecule has 1 N–H and O–H groups in total. The zero-order valence-corrected chi connectivity index (χ0v) is 12.4. The number of carbonyl (C=O) groups is 1. The smallest absolute Gasteiger partial charge is 0.414 e. The summed E-state index contributed by atoms with van der Waals surface area (Å²) in [5.41, 5.74) is 1.96. The maximum absolute atomic E-state index is 11.9. The molecule has 1 rings (SSSR count). The second-order valence-corrected chi connectivity index (χ2v) is 5.16. The molecule has 0 atom stereocenters. The zero-order chi connectivity index (χ0) is 14.4. The lowest BCUT2D eigenvalue weighted by Crippen LogP contribution is -2.31. The normalized spacial score (nSPS) is 10.9. The molecule has 0 fully saturated rings. The highest BCUT2D eigenvalue weighted by molar-refractivity contribution is 5.88. The van der Waals surface area contributed by atoms with Gasteiger partial charge in [0.25, 0.3) is 0 Å². The summed E-state index contributed by atoms with van der Waals surface area (Å²) >= 11 is 0. The Morgan fingerprint density at radius 3 is 2.47 bits per heavy atom. The number of rotatable bonds is 5. The van der Waals surface area contributed by atoms with Crippen LogP contribution < -0.4 is 10.2 Å². The molecule has 4 nitrogen and oxygen atoms in total. The molecule has 0 radical (unpaired) electrons. The van der Waals surface area contributed by atoms with Crippen LogP contribution in [0.25, 0.3) is 0 Å². The molecule has 0 heterocycles. The van der Waals surface area contributed by atoms with Gasteiger partial charge in [-0.2, -0.15) is 0 Å². The lowest BCUT2D eigenvalue weighted by Gasteiger charge is -2.22. The number of hydrogen-bond donors (Lipinski definition) is 1. The third-order valence-corrected chi connectivity index (χ3v) is 2.66. The van der Waals surface area contributed by atoms with Gasteiger partial charge in [0.2, 0.25) is 0 Å². The molecule has 0 aliphatic heterocycles. The fourth-order valence-electron chi connectivity index (χ4n) is 1.68. The minimum Gasteiger partial charge on any atom is -0.446 e. The molecular formula is C15H24N2O2. The molecule has 1 aromatic rings. The molecule has 106 valence electrons. The Labute approximate surface area is 115 Å². The van der Waals surface area contributed by atoms with E-state index in [1.54, 1.807) is 11.9 Å². The molecule has 1 aromatic carbocycles. The molecule has 0 saturated carbocycles. The van der Waals surface area contributed by atoms with Crippen molar-refractivity contribution in [3.8, 4) is 0 Å². The van der Waals surface area contributed by atoms with Gasteiger partial charge in [-0.3, -0.25) is 4.90 Å². The quantitative estimate of drug-likeness (QED) is 0.888. The molecule has 19 heavy (non-hydrogen) atoms. The van der Waals surface area contributed by atoms with Crippen LogP contribution in [0.4, 0.5) is 10.5 Å². The highest BCUT2D eigenvalue weighted by Gasteiger charge is 2.16. The van der Waals surface area contributed by atoms with Crippen LogP contribution in [0.2, 0.25) is 0 Å². The van der Waals surface area contributed by atoms with Gasteiger partial charge >= 0.3 is 6.09 Å². The van der Waals surface area contributed by atoms with E-state index >= 15 is 0 Å². The predicted molar refractivity (Wildman–Crippen MR) is 78.4 cm³/mol. The van der Waals surface area contributed by atoms with Gasteiger partial charge in [0.05, 0.1) is 11.8 Å². The van der Waals surface area contributed by atoms with Crippen molar-refractivity contribution in [2.45, 2.75) is 46.4 Å². The minimum atomic E-state index is -0.327. The number of nitrogens with zero attached hydrogens (tertiary/aromatic N) is 1. The number of carbonyl (C=O) groups excluding carboxylic acids is 1. The van der Waals surface area contributed by atoms with Gasteiger partial charge in [-0.05, 0) is 25.5 Å². The van der Waals surface area contributed by atoms with Crippen molar-refractivity contribution in [2.24, 2.45) is 0 Å². The monoisotopic (exact) mass is 264 g/mol. The fourth-order valence-corrected chi connectivity index (χ4v) is 1.68. The maximum atomic E-state index is 11.9. The number of amides is 1. The number of nitrogens with one attached hydrogen (secondary N) is 1. The minimum absolute atomic E-state index is 0.115. The number of anilines is 1. The summed E-state index contributed by atoms with van der Waals surface area (Å²) in [4.78, 5) is 13.5. The SMILES string of the molecule is CC(C)NCc1ccccc1N(C)C(=O)OC(C)C. The van der Waals surface area contributed by atoms with Crippen molar-refractivity contribution in [2.75, 3.05) is 11.9 Å². The van der Waals surface area contributed by atoms with E-state index in [1.165, 1.54) is 0 Å². The summed E-state index contributed by atoms with van der Waals surface area (Å²) in [5.74, 6) is 0. The molecule has 0 unspecified atom stereocenters. The van der Waals surface area contributed by atoms with E-state index in [2.05, 4.69) is 19.2 Å². The van der Waals surface area contributed by atoms with Crippen LogP contribution in [0.1, 0.15) is 33.3 Å². The summed E-state index contributed by atoms with van der Waals surface area (Å²) in [6.45, 7) is 8.61. The second-order valence-electron chi connectivity index (χ2n) is 5.16. The molecule has 0 bridgehead atoms. The summed E-state index contributed by atoms with van der Waals surface area (Å²) < 4.78 is 5.21. The van der Waals surface area contributed by atoms with Crippen LogP contribution in [0, 0.1) is 0 Å². The van der Waals surface area contributed by atoms with Crippen LogP contribution in [-0.2, 0) is 11.3 Å². The van der Waals surface area contributed by atoms with Gasteiger partial charge in [-0.1, -0.05) is 32.0 Å². The predicted octanol–water partition coefficient (Wildman–Crippen LogP) is 3.17. The first kappa shape index (κ1) is 15.5. The van der Waals surface area contributed by atoms with E-state index < -0.39 is 0 Å². The average Bonchev–Trinajstić information content (AvgIpc) is 2.35. The van der Waals surface area contributed by atoms with Crippen molar-refractivity contribution in [3.63, 3.8) is 0 Å². The molecular weight excluding hydrogens is 240 g/mol. The van der Waals surface area contributed by atoms with E-state index in [0.717, 1.165) is 17.8 Å². The van der Waals surface area contributed by atoms with Gasteiger partial charge in [0.15, 0.2) is 0 Å². The zero-order valence-electron chi connectivity index (χ0n) is 12.4. The van der Waals surface area contributed by atoms with Crippen molar-refractivity contribution in [1.29, 1.82) is 0 Å². The van der Waals surface area contributed by atoms with Crippen LogP contribution in [0.15, 0.2) is 24.3 Å². The molecule has 0 spiro atoms. The topological polar surface area (TPSA) is 41.6 Å². The first-order valence-electron chi connectivity index (χ1n) is 6.67. The van der Waals surface area contributed by atoms with Crippen molar-refractivity contribution in [3.05, 3.63) is 29.8 Å². The van der Waals surface area contributed by atoms with Gasteiger partial charge < -0.3 is 10.1 Å². The Kier molecular flexibility index (Phi) is 5.83. The highest BCUT2D eigenvalue weighted by atomic mass is 16.6. The third-order valence-electron chi connectivity index (χ3n) is 2.66. The summed E-state index contributed by atoms with van der Waals surface area (Å²) in [6, 6.07) is 8.25. The first-order valence-corrected chi connectivity index (χ1v) is 6.67. The third kappa shape index (κ3) is 4.91. The van der Waals surface area contributed by atoms with Crippen molar-refractivity contribution in [1.82, 2.24) is 5.32 Å². The van der Waals surface area contributed by atoms with Crippen LogP contribution in [0.3, 0.4) is 0 Å². The van der Waals surface area contributed by atoms with Gasteiger partial charge in [0.1, 0.15) is 0 Å². The van der Waals surface area contributed by atoms with Crippen LogP contribution >= 0.6 is 0 Å². The molecule has 0 saturated heterocycles. The van der Waals surface area contributed by atoms with E-state index in [-0.39, 0.29) is 12.2 Å². The van der Waals surface area contributed by atoms with E-state index in [9.17, 15) is 4.79 Å². The Morgan fingerprint density at radius 2 is 1.89 bits per heavy atom. The Hall–Kier alpha value is -1.55. The van der Waals surface area contributed by atoms with E-state index in [0.29, 0.717) is 6.04 Å². The number of ether oxygens (including phenoxy) is 1. The van der Waals surface area contributed by atoms with Gasteiger partial charge in [-0.15, -0.1) is 0 Å². The summed E-state index contributed by atoms with van der Waals surface area (Å²) in [6.07, 6.45) is -0.442. The fraction of sp³-hybridized carbons (Fsp3) is 0.533. The summed E-state index contributed by atoms with van der Waals surface area (Å²) in [5, 5.41) is 3.36. The molecule has 0 aliphatic rings. The standard InChI is InChI=1S/C15H24N2O2/c1-11(2)16-10-13-8-6-7-9-14(13)17(5)15(18)19-12(3)4/h6-9,11-12,16H,10H2,1-5H3. The van der Waals surface area contributed by atoms with Crippen molar-refractivity contribution >= 4 is 11.8 Å². The highest BCUT2D eigenvalue weighted by Crippen LogP contribution is 2.20. The number of para-hydroxylation sites is 1. The maximum Gasteiger partial charge on any atom is 0.414 e. The number of hydrogen-bond acceptors (Lipinski definition) is 3. The van der Waals surface area contributed by atoms with Gasteiger partial charge in [-0.25, -0.2) is 4.79 Å².